The quantitative estimate of drug-likeness (QED) is 0.786. The van der Waals surface area contributed by atoms with Crippen LogP contribution in [0.5, 0.6) is 0 Å². The Morgan fingerprint density at radius 3 is 2.93 bits per heavy atom. The molecule has 0 spiro atoms. The molecule has 0 fully saturated rings. The summed E-state index contributed by atoms with van der Waals surface area (Å²) >= 11 is 0. The van der Waals surface area contributed by atoms with Crippen LogP contribution >= 0.6 is 0 Å². The highest BCUT2D eigenvalue weighted by atomic mass is 16.4. The van der Waals surface area contributed by atoms with Crippen LogP contribution < -0.4 is 0 Å². The van der Waals surface area contributed by atoms with Crippen molar-refractivity contribution in [2.45, 2.75) is 13.0 Å². The third kappa shape index (κ3) is 1.54. The lowest BCUT2D eigenvalue weighted by molar-refractivity contribution is 0.188. The molecule has 1 unspecified atom stereocenters. The Balaban J connectivity index is 2.37. The molecule has 0 amide bonds. The second-order valence-electron chi connectivity index (χ2n) is 3.15. The van der Waals surface area contributed by atoms with E-state index in [0.29, 0.717) is 5.76 Å². The highest BCUT2D eigenvalue weighted by Crippen LogP contribution is 2.23. The first kappa shape index (κ1) is 8.97. The number of rotatable bonds is 2. The first-order valence-corrected chi connectivity index (χ1v) is 4.41. The third-order valence-corrected chi connectivity index (χ3v) is 2.19. The van der Waals surface area contributed by atoms with Gasteiger partial charge >= 0.3 is 0 Å². The summed E-state index contributed by atoms with van der Waals surface area (Å²) in [5.74, 6) is 0.543. The van der Waals surface area contributed by atoms with E-state index in [0.717, 1.165) is 11.1 Å². The molecular weight excluding hydrogens is 178 g/mol. The average Bonchev–Trinajstić information content (AvgIpc) is 2.70. The monoisotopic (exact) mass is 189 g/mol. The molecule has 2 rings (SSSR count). The van der Waals surface area contributed by atoms with Gasteiger partial charge in [0.2, 0.25) is 0 Å². The second-order valence-corrected chi connectivity index (χ2v) is 3.15. The van der Waals surface area contributed by atoms with E-state index in [1.54, 1.807) is 30.8 Å². The number of furan rings is 1. The Bertz CT molecular complexity index is 409. The fourth-order valence-corrected chi connectivity index (χ4v) is 1.36. The predicted octanol–water partition coefficient (Wildman–Crippen LogP) is 2.06. The second kappa shape index (κ2) is 3.64. The first-order valence-electron chi connectivity index (χ1n) is 4.41. The van der Waals surface area contributed by atoms with Crippen molar-refractivity contribution < 1.29 is 9.52 Å². The number of aliphatic hydroxyl groups excluding tert-OH is 1. The van der Waals surface area contributed by atoms with Gasteiger partial charge in [-0.1, -0.05) is 0 Å². The zero-order valence-electron chi connectivity index (χ0n) is 7.84. The maximum atomic E-state index is 9.93. The van der Waals surface area contributed by atoms with E-state index in [1.165, 1.54) is 0 Å². The van der Waals surface area contributed by atoms with Gasteiger partial charge < -0.3 is 9.52 Å². The number of hydrogen-bond donors (Lipinski definition) is 1. The van der Waals surface area contributed by atoms with Crippen LogP contribution in [0.15, 0.2) is 41.3 Å². The number of aliphatic hydroxyl groups is 1. The molecule has 0 radical (unpaired) electrons. The van der Waals surface area contributed by atoms with Crippen LogP contribution in [0.3, 0.4) is 0 Å². The van der Waals surface area contributed by atoms with Gasteiger partial charge in [-0.3, -0.25) is 4.98 Å². The van der Waals surface area contributed by atoms with Crippen LogP contribution in [0.2, 0.25) is 0 Å². The first-order chi connectivity index (χ1) is 6.79. The summed E-state index contributed by atoms with van der Waals surface area (Å²) in [4.78, 5) is 3.97. The summed E-state index contributed by atoms with van der Waals surface area (Å²) in [6.45, 7) is 1.93. The molecule has 0 aromatic carbocycles. The van der Waals surface area contributed by atoms with Crippen LogP contribution in [0.4, 0.5) is 0 Å². The lowest BCUT2D eigenvalue weighted by atomic mass is 10.1. The molecule has 3 nitrogen and oxygen atoms in total. The smallest absolute Gasteiger partial charge is 0.138 e. The Hall–Kier alpha value is -1.61. The van der Waals surface area contributed by atoms with E-state index in [2.05, 4.69) is 4.98 Å². The van der Waals surface area contributed by atoms with Crippen LogP contribution in [0, 0.1) is 6.92 Å². The summed E-state index contributed by atoms with van der Waals surface area (Å²) in [5.41, 5.74) is 1.78. The van der Waals surface area contributed by atoms with E-state index < -0.39 is 6.10 Å². The van der Waals surface area contributed by atoms with Crippen molar-refractivity contribution in [2.75, 3.05) is 0 Å². The standard InChI is InChI=1S/C11H11NO2/c1-8-4-5-12-7-9(8)11(13)10-3-2-6-14-10/h2-7,11,13H,1H3. The maximum absolute atomic E-state index is 9.93. The Morgan fingerprint density at radius 1 is 1.43 bits per heavy atom. The zero-order valence-corrected chi connectivity index (χ0v) is 7.84. The number of pyridine rings is 1. The highest BCUT2D eigenvalue weighted by Gasteiger charge is 2.14. The third-order valence-electron chi connectivity index (χ3n) is 2.19. The van der Waals surface area contributed by atoms with Crippen LogP contribution in [-0.4, -0.2) is 10.1 Å². The molecule has 0 aliphatic rings. The molecule has 0 aliphatic heterocycles. The van der Waals surface area contributed by atoms with E-state index in [9.17, 15) is 5.11 Å². The van der Waals surface area contributed by atoms with Gasteiger partial charge in [-0.25, -0.2) is 0 Å². The Morgan fingerprint density at radius 2 is 2.29 bits per heavy atom. The molecular formula is C11H11NO2. The van der Waals surface area contributed by atoms with Crippen molar-refractivity contribution in [3.05, 3.63) is 53.7 Å². The molecule has 2 heterocycles. The van der Waals surface area contributed by atoms with Gasteiger partial charge in [0, 0.05) is 18.0 Å². The molecule has 0 saturated carbocycles. The molecule has 2 aromatic rings. The molecule has 72 valence electrons. The predicted molar refractivity (Wildman–Crippen MR) is 51.7 cm³/mol. The van der Waals surface area contributed by atoms with E-state index >= 15 is 0 Å². The van der Waals surface area contributed by atoms with Gasteiger partial charge in [0.15, 0.2) is 0 Å². The molecule has 1 atom stereocenters. The van der Waals surface area contributed by atoms with Crippen molar-refractivity contribution in [1.29, 1.82) is 0 Å². The Labute approximate surface area is 82.0 Å². The van der Waals surface area contributed by atoms with Gasteiger partial charge in [-0.05, 0) is 30.7 Å². The summed E-state index contributed by atoms with van der Waals surface area (Å²) in [6.07, 6.45) is 4.18. The minimum absolute atomic E-state index is 0.543. The van der Waals surface area contributed by atoms with Crippen LogP contribution in [0.25, 0.3) is 0 Å². The van der Waals surface area contributed by atoms with Gasteiger partial charge in [0.1, 0.15) is 11.9 Å². The largest absolute Gasteiger partial charge is 0.466 e. The highest BCUT2D eigenvalue weighted by molar-refractivity contribution is 5.28. The summed E-state index contributed by atoms with van der Waals surface area (Å²) in [6, 6.07) is 5.36. The van der Waals surface area contributed by atoms with Crippen LogP contribution in [0.1, 0.15) is 23.0 Å². The summed E-state index contributed by atoms with van der Waals surface area (Å²) in [7, 11) is 0. The van der Waals surface area contributed by atoms with E-state index in [1.807, 2.05) is 13.0 Å². The number of aryl methyl sites for hydroxylation is 1. The lowest BCUT2D eigenvalue weighted by Crippen LogP contribution is -2.00. The van der Waals surface area contributed by atoms with Gasteiger partial charge in [0.25, 0.3) is 0 Å². The van der Waals surface area contributed by atoms with Crippen molar-refractivity contribution in [2.24, 2.45) is 0 Å². The SMILES string of the molecule is Cc1ccncc1C(O)c1ccco1. The molecule has 3 heteroatoms. The molecule has 2 aromatic heterocycles. The molecule has 0 bridgehead atoms. The summed E-state index contributed by atoms with van der Waals surface area (Å²) < 4.78 is 5.13. The molecule has 0 aliphatic carbocycles. The minimum Gasteiger partial charge on any atom is -0.466 e. The van der Waals surface area contributed by atoms with Gasteiger partial charge in [-0.2, -0.15) is 0 Å². The van der Waals surface area contributed by atoms with Gasteiger partial charge in [-0.15, -0.1) is 0 Å². The van der Waals surface area contributed by atoms with Crippen molar-refractivity contribution in [3.63, 3.8) is 0 Å². The lowest BCUT2D eigenvalue weighted by Gasteiger charge is -2.09. The topological polar surface area (TPSA) is 46.3 Å². The number of nitrogens with zero attached hydrogens (tertiary/aromatic N) is 1. The maximum Gasteiger partial charge on any atom is 0.138 e. The minimum atomic E-state index is -0.723. The van der Waals surface area contributed by atoms with Crippen molar-refractivity contribution in [3.8, 4) is 0 Å². The molecule has 0 saturated heterocycles. The number of aromatic nitrogens is 1. The fourth-order valence-electron chi connectivity index (χ4n) is 1.36. The van der Waals surface area contributed by atoms with Crippen molar-refractivity contribution >= 4 is 0 Å². The van der Waals surface area contributed by atoms with Crippen molar-refractivity contribution in [1.82, 2.24) is 4.98 Å². The van der Waals surface area contributed by atoms with Gasteiger partial charge in [0.05, 0.1) is 6.26 Å². The van der Waals surface area contributed by atoms with E-state index in [-0.39, 0.29) is 0 Å². The normalized spacial score (nSPS) is 12.7. The average molecular weight is 189 g/mol. The van der Waals surface area contributed by atoms with Crippen LogP contribution in [-0.2, 0) is 0 Å². The number of hydrogen-bond acceptors (Lipinski definition) is 3. The molecule has 14 heavy (non-hydrogen) atoms. The fraction of sp³-hybridized carbons (Fsp3) is 0.182. The summed E-state index contributed by atoms with van der Waals surface area (Å²) in [5, 5.41) is 9.93. The van der Waals surface area contributed by atoms with E-state index in [4.69, 9.17) is 4.42 Å². The zero-order chi connectivity index (χ0) is 9.97. The molecule has 1 N–H and O–H groups in total. The Kier molecular flexibility index (Phi) is 2.33.